The summed E-state index contributed by atoms with van der Waals surface area (Å²) >= 11 is 0. The molecule has 132 valence electrons. The van der Waals surface area contributed by atoms with E-state index >= 15 is 0 Å². The van der Waals surface area contributed by atoms with E-state index in [1.54, 1.807) is 43.8 Å². The number of methoxy groups -OCH3 is 1. The smallest absolute Gasteiger partial charge is 0.258 e. The lowest BCUT2D eigenvalue weighted by atomic mass is 10.1. The van der Waals surface area contributed by atoms with Crippen LogP contribution < -0.4 is 15.4 Å². The number of benzene rings is 1. The minimum atomic E-state index is -0.230. The maximum absolute atomic E-state index is 12.3. The quantitative estimate of drug-likeness (QED) is 0.808. The van der Waals surface area contributed by atoms with E-state index in [2.05, 4.69) is 20.6 Å². The third-order valence-corrected chi connectivity index (χ3v) is 4.45. The molecular weight excluding hydrogens is 316 g/mol. The average Bonchev–Trinajstić information content (AvgIpc) is 2.91. The summed E-state index contributed by atoms with van der Waals surface area (Å²) < 4.78 is 5.10. The number of aromatic nitrogens is 2. The summed E-state index contributed by atoms with van der Waals surface area (Å²) in [4.78, 5) is 20.9. The Labute approximate surface area is 148 Å². The Kier molecular flexibility index (Phi) is 5.82. The van der Waals surface area contributed by atoms with Crippen molar-refractivity contribution < 1.29 is 9.53 Å². The summed E-state index contributed by atoms with van der Waals surface area (Å²) in [6.07, 6.45) is 10.6. The molecule has 6 heteroatoms. The molecule has 1 amide bonds. The number of ether oxygens (including phenoxy) is 1. The van der Waals surface area contributed by atoms with Gasteiger partial charge in [0.15, 0.2) is 0 Å². The van der Waals surface area contributed by atoms with E-state index in [0.29, 0.717) is 23.2 Å². The predicted molar refractivity (Wildman–Crippen MR) is 98.1 cm³/mol. The fourth-order valence-corrected chi connectivity index (χ4v) is 3.00. The number of carbonyl (C=O) groups is 1. The Hall–Kier alpha value is -2.63. The van der Waals surface area contributed by atoms with Gasteiger partial charge in [-0.15, -0.1) is 0 Å². The molecule has 0 atom stereocenters. The first-order valence-corrected chi connectivity index (χ1v) is 8.78. The number of anilines is 2. The molecule has 6 nitrogen and oxygen atoms in total. The number of hydrogen-bond donors (Lipinski definition) is 2. The van der Waals surface area contributed by atoms with Crippen LogP contribution in [0.15, 0.2) is 36.7 Å². The number of carbonyl (C=O) groups excluding carboxylic acids is 1. The first kappa shape index (κ1) is 17.2. The van der Waals surface area contributed by atoms with E-state index in [9.17, 15) is 4.79 Å². The van der Waals surface area contributed by atoms with E-state index in [1.807, 2.05) is 0 Å². The summed E-state index contributed by atoms with van der Waals surface area (Å²) in [5.41, 5.74) is 1.13. The fourth-order valence-electron chi connectivity index (χ4n) is 3.00. The van der Waals surface area contributed by atoms with Crippen molar-refractivity contribution in [3.63, 3.8) is 0 Å². The lowest BCUT2D eigenvalue weighted by Gasteiger charge is -2.15. The van der Waals surface area contributed by atoms with Crippen molar-refractivity contribution in [3.8, 4) is 5.75 Å². The van der Waals surface area contributed by atoms with Crippen molar-refractivity contribution in [2.75, 3.05) is 17.7 Å². The lowest BCUT2D eigenvalue weighted by Crippen LogP contribution is -2.20. The second-order valence-corrected chi connectivity index (χ2v) is 6.31. The molecule has 1 aromatic carbocycles. The SMILES string of the molecule is COc1ccc(NC(=O)c2cnc(NC3CCCCCC3)nc2)cc1. The Morgan fingerprint density at radius 3 is 2.28 bits per heavy atom. The van der Waals surface area contributed by atoms with Gasteiger partial charge in [0.1, 0.15) is 5.75 Å². The van der Waals surface area contributed by atoms with Crippen LogP contribution in [0.3, 0.4) is 0 Å². The lowest BCUT2D eigenvalue weighted by molar-refractivity contribution is 0.102. The number of nitrogens with zero attached hydrogens (tertiary/aromatic N) is 2. The second-order valence-electron chi connectivity index (χ2n) is 6.31. The van der Waals surface area contributed by atoms with Gasteiger partial charge in [0, 0.05) is 24.1 Å². The third kappa shape index (κ3) is 4.92. The van der Waals surface area contributed by atoms with Crippen LogP contribution in [0.2, 0.25) is 0 Å². The van der Waals surface area contributed by atoms with Crippen molar-refractivity contribution >= 4 is 17.5 Å². The van der Waals surface area contributed by atoms with Crippen LogP contribution in [0.4, 0.5) is 11.6 Å². The maximum atomic E-state index is 12.3. The van der Waals surface area contributed by atoms with Gasteiger partial charge in [-0.1, -0.05) is 25.7 Å². The van der Waals surface area contributed by atoms with Crippen LogP contribution in [0, 0.1) is 0 Å². The van der Waals surface area contributed by atoms with Crippen LogP contribution >= 0.6 is 0 Å². The van der Waals surface area contributed by atoms with Crippen molar-refractivity contribution in [3.05, 3.63) is 42.2 Å². The summed E-state index contributed by atoms with van der Waals surface area (Å²) in [5, 5.41) is 6.21. The average molecular weight is 340 g/mol. The van der Waals surface area contributed by atoms with E-state index in [1.165, 1.54) is 25.7 Å². The number of hydrogen-bond acceptors (Lipinski definition) is 5. The van der Waals surface area contributed by atoms with Crippen molar-refractivity contribution in [1.82, 2.24) is 9.97 Å². The van der Waals surface area contributed by atoms with E-state index < -0.39 is 0 Å². The van der Waals surface area contributed by atoms with Gasteiger partial charge in [-0.3, -0.25) is 4.79 Å². The Balaban J connectivity index is 1.57. The van der Waals surface area contributed by atoms with Crippen LogP contribution in [0.25, 0.3) is 0 Å². The van der Waals surface area contributed by atoms with Gasteiger partial charge < -0.3 is 15.4 Å². The number of amides is 1. The molecule has 3 rings (SSSR count). The van der Waals surface area contributed by atoms with Crippen LogP contribution in [-0.2, 0) is 0 Å². The zero-order chi connectivity index (χ0) is 17.5. The molecule has 1 aliphatic rings. The predicted octanol–water partition coefficient (Wildman–Crippen LogP) is 3.87. The molecule has 2 aromatic rings. The molecule has 0 unspecified atom stereocenters. The summed E-state index contributed by atoms with van der Waals surface area (Å²) in [6, 6.07) is 7.61. The highest BCUT2D eigenvalue weighted by Crippen LogP contribution is 2.20. The third-order valence-electron chi connectivity index (χ3n) is 4.45. The molecule has 25 heavy (non-hydrogen) atoms. The minimum absolute atomic E-state index is 0.230. The van der Waals surface area contributed by atoms with Gasteiger partial charge in [0.2, 0.25) is 5.95 Å². The molecule has 1 heterocycles. The van der Waals surface area contributed by atoms with Gasteiger partial charge in [0.25, 0.3) is 5.91 Å². The summed E-state index contributed by atoms with van der Waals surface area (Å²) in [6.45, 7) is 0. The second kappa shape index (κ2) is 8.46. The van der Waals surface area contributed by atoms with Crippen molar-refractivity contribution in [2.24, 2.45) is 0 Å². The summed E-state index contributed by atoms with van der Waals surface area (Å²) in [5.74, 6) is 1.11. The topological polar surface area (TPSA) is 76.1 Å². The van der Waals surface area contributed by atoms with Crippen LogP contribution in [-0.4, -0.2) is 29.0 Å². The molecule has 2 N–H and O–H groups in total. The van der Waals surface area contributed by atoms with Crippen LogP contribution in [0.5, 0.6) is 5.75 Å². The molecule has 0 bridgehead atoms. The van der Waals surface area contributed by atoms with Crippen molar-refractivity contribution in [1.29, 1.82) is 0 Å². The van der Waals surface area contributed by atoms with E-state index in [4.69, 9.17) is 4.74 Å². The van der Waals surface area contributed by atoms with E-state index in [0.717, 1.165) is 18.6 Å². The zero-order valence-corrected chi connectivity index (χ0v) is 14.5. The van der Waals surface area contributed by atoms with Gasteiger partial charge >= 0.3 is 0 Å². The monoisotopic (exact) mass is 340 g/mol. The highest BCUT2D eigenvalue weighted by atomic mass is 16.5. The molecule has 0 radical (unpaired) electrons. The fraction of sp³-hybridized carbons (Fsp3) is 0.421. The highest BCUT2D eigenvalue weighted by Gasteiger charge is 2.14. The van der Waals surface area contributed by atoms with Gasteiger partial charge in [-0.05, 0) is 37.1 Å². The maximum Gasteiger partial charge on any atom is 0.258 e. The van der Waals surface area contributed by atoms with Crippen molar-refractivity contribution in [2.45, 2.75) is 44.6 Å². The normalized spacial score (nSPS) is 15.2. The molecule has 0 spiro atoms. The Bertz CT molecular complexity index is 678. The zero-order valence-electron chi connectivity index (χ0n) is 14.5. The molecule has 1 aromatic heterocycles. The summed E-state index contributed by atoms with van der Waals surface area (Å²) in [7, 11) is 1.61. The highest BCUT2D eigenvalue weighted by molar-refractivity contribution is 6.03. The molecule has 1 fully saturated rings. The number of nitrogens with one attached hydrogen (secondary N) is 2. The van der Waals surface area contributed by atoms with Crippen LogP contribution in [0.1, 0.15) is 48.9 Å². The van der Waals surface area contributed by atoms with Gasteiger partial charge in [0.05, 0.1) is 12.7 Å². The Morgan fingerprint density at radius 2 is 1.68 bits per heavy atom. The Morgan fingerprint density at radius 1 is 1.04 bits per heavy atom. The molecule has 0 aliphatic heterocycles. The minimum Gasteiger partial charge on any atom is -0.497 e. The van der Waals surface area contributed by atoms with Gasteiger partial charge in [-0.25, -0.2) is 9.97 Å². The molecular formula is C19H24N4O2. The largest absolute Gasteiger partial charge is 0.497 e. The number of rotatable bonds is 5. The molecule has 1 saturated carbocycles. The first-order valence-electron chi connectivity index (χ1n) is 8.78. The standard InChI is InChI=1S/C19H24N4O2/c1-25-17-10-8-16(9-11-17)22-18(24)14-12-20-19(21-13-14)23-15-6-4-2-3-5-7-15/h8-13,15H,2-7H2,1H3,(H,22,24)(H,20,21,23). The first-order chi connectivity index (χ1) is 12.2. The van der Waals surface area contributed by atoms with E-state index in [-0.39, 0.29) is 5.91 Å². The molecule has 0 saturated heterocycles. The van der Waals surface area contributed by atoms with Gasteiger partial charge in [-0.2, -0.15) is 0 Å². The molecule has 1 aliphatic carbocycles.